The molecule has 0 saturated carbocycles. The van der Waals surface area contributed by atoms with E-state index in [0.717, 1.165) is 46.9 Å². The van der Waals surface area contributed by atoms with Crippen molar-refractivity contribution in [2.45, 2.75) is 32.2 Å². The molecule has 2 aromatic heterocycles. The standard InChI is InChI=1S/C23H23N5O2/c1-2-3-4-5-10-21(23(29)30)28-14-13-17-15-16(11-12-20(17)28)18-8-6-7-9-19(18)22-24-26-27-25-22/h5-15,21H,2-4H2,1H3,(H,29,30)(H,24,25,26,27)/b10-5-. The lowest BCUT2D eigenvalue weighted by Crippen LogP contribution is -2.15. The Hall–Kier alpha value is -3.74. The number of unbranched alkanes of at least 4 members (excludes halogenated alkanes) is 2. The lowest BCUT2D eigenvalue weighted by Gasteiger charge is -2.13. The molecule has 2 heterocycles. The van der Waals surface area contributed by atoms with Crippen molar-refractivity contribution in [2.75, 3.05) is 0 Å². The summed E-state index contributed by atoms with van der Waals surface area (Å²) >= 11 is 0. The highest BCUT2D eigenvalue weighted by atomic mass is 16.4. The number of nitrogens with one attached hydrogen (secondary N) is 1. The highest BCUT2D eigenvalue weighted by Crippen LogP contribution is 2.32. The highest BCUT2D eigenvalue weighted by molar-refractivity contribution is 5.90. The van der Waals surface area contributed by atoms with Crippen molar-refractivity contribution in [3.8, 4) is 22.5 Å². The number of aromatic amines is 1. The Labute approximate surface area is 174 Å². The van der Waals surface area contributed by atoms with Gasteiger partial charge in [-0.2, -0.15) is 5.21 Å². The summed E-state index contributed by atoms with van der Waals surface area (Å²) in [6.45, 7) is 2.12. The number of aromatic nitrogens is 5. The van der Waals surface area contributed by atoms with Crippen LogP contribution in [-0.4, -0.2) is 36.3 Å². The molecule has 0 aliphatic heterocycles. The number of aliphatic carboxylic acids is 1. The van der Waals surface area contributed by atoms with Gasteiger partial charge in [0, 0.05) is 22.7 Å². The van der Waals surface area contributed by atoms with E-state index in [1.165, 1.54) is 0 Å². The van der Waals surface area contributed by atoms with E-state index in [9.17, 15) is 9.90 Å². The molecule has 0 aliphatic carbocycles. The Bertz CT molecular complexity index is 1180. The van der Waals surface area contributed by atoms with Crippen LogP contribution in [0.4, 0.5) is 0 Å². The topological polar surface area (TPSA) is 96.7 Å². The molecule has 1 unspecified atom stereocenters. The van der Waals surface area contributed by atoms with Gasteiger partial charge in [-0.15, -0.1) is 10.2 Å². The van der Waals surface area contributed by atoms with Crippen molar-refractivity contribution in [3.05, 3.63) is 66.9 Å². The van der Waals surface area contributed by atoms with Gasteiger partial charge >= 0.3 is 5.97 Å². The summed E-state index contributed by atoms with van der Waals surface area (Å²) in [4.78, 5) is 11.9. The van der Waals surface area contributed by atoms with Crippen molar-refractivity contribution in [3.63, 3.8) is 0 Å². The zero-order chi connectivity index (χ0) is 20.9. The van der Waals surface area contributed by atoms with Gasteiger partial charge in [0.2, 0.25) is 5.82 Å². The van der Waals surface area contributed by atoms with Crippen molar-refractivity contribution >= 4 is 16.9 Å². The summed E-state index contributed by atoms with van der Waals surface area (Å²) < 4.78 is 1.80. The van der Waals surface area contributed by atoms with Gasteiger partial charge in [-0.05, 0) is 41.0 Å². The number of hydrogen-bond donors (Lipinski definition) is 2. The largest absolute Gasteiger partial charge is 0.479 e. The van der Waals surface area contributed by atoms with E-state index in [1.807, 2.05) is 54.7 Å². The maximum absolute atomic E-state index is 11.9. The molecule has 30 heavy (non-hydrogen) atoms. The van der Waals surface area contributed by atoms with E-state index in [2.05, 4.69) is 33.6 Å². The first-order valence-electron chi connectivity index (χ1n) is 10.0. The second kappa shape index (κ2) is 8.73. The Morgan fingerprint density at radius 3 is 2.77 bits per heavy atom. The van der Waals surface area contributed by atoms with Gasteiger partial charge in [0.05, 0.1) is 0 Å². The van der Waals surface area contributed by atoms with Crippen LogP contribution in [0.15, 0.2) is 66.9 Å². The van der Waals surface area contributed by atoms with Gasteiger partial charge in [-0.25, -0.2) is 4.79 Å². The van der Waals surface area contributed by atoms with Gasteiger partial charge in [0.15, 0.2) is 0 Å². The minimum absolute atomic E-state index is 0.534. The number of benzene rings is 2. The number of carboxylic acid groups (broad SMARTS) is 1. The first-order chi connectivity index (χ1) is 14.7. The van der Waals surface area contributed by atoms with Crippen LogP contribution in [0, 0.1) is 0 Å². The molecule has 0 bridgehead atoms. The van der Waals surface area contributed by atoms with E-state index in [0.29, 0.717) is 5.82 Å². The monoisotopic (exact) mass is 401 g/mol. The SMILES string of the molecule is CCCC/C=C\C(C(=O)O)n1ccc2cc(-c3ccccc3-c3nn[nH]n3)ccc21. The molecule has 7 heteroatoms. The molecule has 0 aliphatic rings. The molecular formula is C23H23N5O2. The summed E-state index contributed by atoms with van der Waals surface area (Å²) in [7, 11) is 0. The maximum atomic E-state index is 11.9. The van der Waals surface area contributed by atoms with E-state index < -0.39 is 12.0 Å². The molecule has 4 rings (SSSR count). The van der Waals surface area contributed by atoms with E-state index in [1.54, 1.807) is 10.6 Å². The molecule has 0 radical (unpaired) electrons. The zero-order valence-electron chi connectivity index (χ0n) is 16.7. The molecule has 0 spiro atoms. The quantitative estimate of drug-likeness (QED) is 0.325. The van der Waals surface area contributed by atoms with Crippen molar-refractivity contribution < 1.29 is 9.90 Å². The van der Waals surface area contributed by atoms with Gasteiger partial charge in [-0.1, -0.05) is 62.2 Å². The van der Waals surface area contributed by atoms with Gasteiger partial charge < -0.3 is 9.67 Å². The number of allylic oxidation sites excluding steroid dienone is 1. The predicted molar refractivity (Wildman–Crippen MR) is 116 cm³/mol. The average Bonchev–Trinajstić information content (AvgIpc) is 3.43. The second-order valence-corrected chi connectivity index (χ2v) is 7.13. The minimum atomic E-state index is -0.869. The van der Waals surface area contributed by atoms with Crippen molar-refractivity contribution in [2.24, 2.45) is 0 Å². The Kier molecular flexibility index (Phi) is 5.70. The molecule has 0 saturated heterocycles. The van der Waals surface area contributed by atoms with Crippen LogP contribution in [0.5, 0.6) is 0 Å². The Morgan fingerprint density at radius 1 is 1.20 bits per heavy atom. The van der Waals surface area contributed by atoms with E-state index in [-0.39, 0.29) is 0 Å². The van der Waals surface area contributed by atoms with Crippen molar-refractivity contribution in [1.82, 2.24) is 25.2 Å². The summed E-state index contributed by atoms with van der Waals surface area (Å²) in [5, 5.41) is 25.1. The number of tetrazole rings is 1. The summed E-state index contributed by atoms with van der Waals surface area (Å²) in [5.74, 6) is -0.335. The number of fused-ring (bicyclic) bond motifs is 1. The van der Waals surface area contributed by atoms with Crippen LogP contribution < -0.4 is 0 Å². The summed E-state index contributed by atoms with van der Waals surface area (Å²) in [6, 6.07) is 15.1. The Morgan fingerprint density at radius 2 is 2.03 bits per heavy atom. The molecule has 0 fully saturated rings. The number of carboxylic acids is 1. The van der Waals surface area contributed by atoms with Crippen LogP contribution in [-0.2, 0) is 4.79 Å². The zero-order valence-corrected chi connectivity index (χ0v) is 16.7. The third-order valence-electron chi connectivity index (χ3n) is 5.14. The number of nitrogens with zero attached hydrogens (tertiary/aromatic N) is 4. The number of H-pyrrole nitrogens is 1. The molecule has 4 aromatic rings. The third-order valence-corrected chi connectivity index (χ3v) is 5.14. The fourth-order valence-corrected chi connectivity index (χ4v) is 3.62. The summed E-state index contributed by atoms with van der Waals surface area (Å²) in [5.41, 5.74) is 3.75. The molecule has 1 atom stereocenters. The molecular weight excluding hydrogens is 378 g/mol. The third kappa shape index (κ3) is 3.87. The lowest BCUT2D eigenvalue weighted by atomic mass is 9.98. The molecule has 2 N–H and O–H groups in total. The number of hydrogen-bond acceptors (Lipinski definition) is 4. The minimum Gasteiger partial charge on any atom is -0.479 e. The van der Waals surface area contributed by atoms with Crippen LogP contribution in [0.3, 0.4) is 0 Å². The predicted octanol–water partition coefficient (Wildman–Crippen LogP) is 4.86. The Balaban J connectivity index is 1.71. The van der Waals surface area contributed by atoms with Crippen LogP contribution in [0.2, 0.25) is 0 Å². The normalized spacial score (nSPS) is 12.6. The fourth-order valence-electron chi connectivity index (χ4n) is 3.62. The van der Waals surface area contributed by atoms with Crippen LogP contribution in [0.1, 0.15) is 32.2 Å². The van der Waals surface area contributed by atoms with Gasteiger partial charge in [0.25, 0.3) is 0 Å². The van der Waals surface area contributed by atoms with Gasteiger partial charge in [0.1, 0.15) is 6.04 Å². The molecule has 152 valence electrons. The average molecular weight is 401 g/mol. The van der Waals surface area contributed by atoms with Crippen LogP contribution >= 0.6 is 0 Å². The first kappa shape index (κ1) is 19.6. The summed E-state index contributed by atoms with van der Waals surface area (Å²) in [6.07, 6.45) is 8.60. The highest BCUT2D eigenvalue weighted by Gasteiger charge is 2.18. The van der Waals surface area contributed by atoms with E-state index in [4.69, 9.17) is 0 Å². The molecule has 7 nitrogen and oxygen atoms in total. The van der Waals surface area contributed by atoms with Gasteiger partial charge in [-0.3, -0.25) is 0 Å². The number of rotatable bonds is 8. The first-order valence-corrected chi connectivity index (χ1v) is 10.0. The second-order valence-electron chi connectivity index (χ2n) is 7.13. The maximum Gasteiger partial charge on any atom is 0.330 e. The van der Waals surface area contributed by atoms with Crippen molar-refractivity contribution in [1.29, 1.82) is 0 Å². The smallest absolute Gasteiger partial charge is 0.330 e. The fraction of sp³-hybridized carbons (Fsp3) is 0.217. The molecule has 2 aromatic carbocycles. The molecule has 0 amide bonds. The lowest BCUT2D eigenvalue weighted by molar-refractivity contribution is -0.139. The van der Waals surface area contributed by atoms with E-state index >= 15 is 0 Å². The number of carbonyl (C=O) groups is 1. The van der Waals surface area contributed by atoms with Crippen LogP contribution in [0.25, 0.3) is 33.4 Å².